The van der Waals surface area contributed by atoms with Crippen molar-refractivity contribution in [3.63, 3.8) is 0 Å². The zero-order chi connectivity index (χ0) is 37.1. The smallest absolute Gasteiger partial charge is 0.418 e. The van der Waals surface area contributed by atoms with Gasteiger partial charge in [-0.05, 0) is 49.2 Å². The minimum Gasteiger partial charge on any atom is -0.418 e. The molecule has 6 aromatic carbocycles. The summed E-state index contributed by atoms with van der Waals surface area (Å²) in [6, 6.07) is 52.3. The molecule has 0 unspecified atom stereocenters. The van der Waals surface area contributed by atoms with Crippen LogP contribution >= 0.6 is 15.8 Å². The zero-order valence-corrected chi connectivity index (χ0v) is 31.2. The van der Waals surface area contributed by atoms with Crippen LogP contribution in [0.15, 0.2) is 180 Å². The van der Waals surface area contributed by atoms with Gasteiger partial charge in [0.05, 0.1) is 0 Å². The second-order valence-corrected chi connectivity index (χ2v) is 17.5. The summed E-state index contributed by atoms with van der Waals surface area (Å²) >= 11 is 0. The normalized spacial score (nSPS) is 11.4. The molecule has 0 saturated carbocycles. The van der Waals surface area contributed by atoms with Crippen molar-refractivity contribution in [1.82, 2.24) is 0 Å². The third-order valence-corrected chi connectivity index (χ3v) is 14.0. The van der Waals surface area contributed by atoms with Crippen molar-refractivity contribution < 1.29 is 60.3 Å². The van der Waals surface area contributed by atoms with Gasteiger partial charge in [-0.15, -0.1) is 0 Å². The van der Waals surface area contributed by atoms with Gasteiger partial charge in [-0.3, -0.25) is 9.11 Å². The van der Waals surface area contributed by atoms with Gasteiger partial charge in [0.1, 0.15) is 9.79 Å². The van der Waals surface area contributed by atoms with Gasteiger partial charge in [0, 0.05) is 10.6 Å². The van der Waals surface area contributed by atoms with Crippen molar-refractivity contribution in [3.05, 3.63) is 170 Å². The third-order valence-electron chi connectivity index (χ3n) is 6.83. The van der Waals surface area contributed by atoms with Crippen molar-refractivity contribution in [2.24, 2.45) is 0 Å². The molecule has 0 heterocycles. The fourth-order valence-corrected chi connectivity index (χ4v) is 11.9. The first kappa shape index (κ1) is 42.7. The molecule has 274 valence electrons. The predicted octanol–water partition coefficient (Wildman–Crippen LogP) is 6.68. The Hall–Kier alpha value is -3.70. The monoisotopic (exact) mass is 834 g/mol. The van der Waals surface area contributed by atoms with E-state index >= 15 is 0 Å². The van der Waals surface area contributed by atoms with Crippen molar-refractivity contribution in [2.45, 2.75) is 9.79 Å². The summed E-state index contributed by atoms with van der Waals surface area (Å²) in [6.07, 6.45) is 0. The molecule has 6 aromatic rings. The fraction of sp³-hybridized carbons (Fsp3) is 0. The largest absolute Gasteiger partial charge is 1.00 e. The van der Waals surface area contributed by atoms with Crippen LogP contribution in [0.3, 0.4) is 0 Å². The quantitative estimate of drug-likeness (QED) is 0.0768. The van der Waals surface area contributed by atoms with Crippen LogP contribution < -0.4 is 31.8 Å². The van der Waals surface area contributed by atoms with E-state index in [1.807, 2.05) is 121 Å². The van der Waals surface area contributed by atoms with Crippen LogP contribution in [0.25, 0.3) is 0 Å². The SMILES string of the molecule is F[B-](F)(F)F.O=S(=O)(O)c1ccccc1P(c1ccccc1)c1ccccc1.O=S(=O)(O)c1ccccc1P(c1ccccc1)c1ccccc1.[Cu+]. The van der Waals surface area contributed by atoms with E-state index in [4.69, 9.17) is 0 Å². The molecule has 0 atom stereocenters. The van der Waals surface area contributed by atoms with Gasteiger partial charge >= 0.3 is 24.3 Å². The third kappa shape index (κ3) is 12.8. The average molecular weight is 835 g/mol. The minimum atomic E-state index is -6.00. The standard InChI is InChI=1S/2C18H15O3PS.BF4.Cu/c2*19-23(20,21)18-14-8-7-13-17(18)22(15-9-3-1-4-10-15)16-11-5-2-6-12-16;2-1(3,4)5;/h2*1-14H,(H,19,20,21);;/q;;-1;+1. The number of halogens is 4. The molecule has 0 spiro atoms. The summed E-state index contributed by atoms with van der Waals surface area (Å²) in [7, 11) is -16.7. The van der Waals surface area contributed by atoms with E-state index in [2.05, 4.69) is 0 Å². The Morgan fingerprint density at radius 3 is 0.788 bits per heavy atom. The molecule has 0 aliphatic heterocycles. The molecule has 2 N–H and O–H groups in total. The predicted molar refractivity (Wildman–Crippen MR) is 200 cm³/mol. The van der Waals surface area contributed by atoms with Gasteiger partial charge in [0.2, 0.25) is 0 Å². The molecule has 52 heavy (non-hydrogen) atoms. The Morgan fingerprint density at radius 2 is 0.577 bits per heavy atom. The van der Waals surface area contributed by atoms with Crippen molar-refractivity contribution in [1.29, 1.82) is 0 Å². The maximum Gasteiger partial charge on any atom is 1.00 e. The van der Waals surface area contributed by atoms with Crippen LogP contribution in [-0.2, 0) is 37.3 Å². The summed E-state index contributed by atoms with van der Waals surface area (Å²) < 4.78 is 105. The summed E-state index contributed by atoms with van der Waals surface area (Å²) in [5, 5.41) is 5.38. The van der Waals surface area contributed by atoms with Gasteiger partial charge in [-0.1, -0.05) is 158 Å². The zero-order valence-electron chi connectivity index (χ0n) is 26.8. The van der Waals surface area contributed by atoms with Crippen LogP contribution in [0.1, 0.15) is 0 Å². The Morgan fingerprint density at radius 1 is 0.385 bits per heavy atom. The molecule has 6 rings (SSSR count). The number of hydrogen-bond acceptors (Lipinski definition) is 4. The molecule has 0 aromatic heterocycles. The second kappa shape index (κ2) is 19.4. The first-order valence-electron chi connectivity index (χ1n) is 15.0. The van der Waals surface area contributed by atoms with E-state index in [1.54, 1.807) is 36.4 Å². The average Bonchev–Trinajstić information content (AvgIpc) is 3.10. The van der Waals surface area contributed by atoms with Crippen molar-refractivity contribution >= 4 is 75.2 Å². The maximum atomic E-state index is 11.8. The van der Waals surface area contributed by atoms with E-state index < -0.39 is 43.3 Å². The topological polar surface area (TPSA) is 109 Å². The van der Waals surface area contributed by atoms with Crippen LogP contribution in [0.5, 0.6) is 0 Å². The Bertz CT molecular complexity index is 1990. The van der Waals surface area contributed by atoms with E-state index in [0.29, 0.717) is 10.6 Å². The summed E-state index contributed by atoms with van der Waals surface area (Å²) in [6.45, 7) is 0. The van der Waals surface area contributed by atoms with Crippen molar-refractivity contribution in [2.75, 3.05) is 0 Å². The second-order valence-electron chi connectivity index (χ2n) is 10.4. The van der Waals surface area contributed by atoms with Gasteiger partial charge in [0.15, 0.2) is 0 Å². The molecule has 0 fully saturated rings. The molecule has 0 radical (unpaired) electrons. The van der Waals surface area contributed by atoms with Crippen molar-refractivity contribution in [3.8, 4) is 0 Å². The molecule has 0 aliphatic carbocycles. The van der Waals surface area contributed by atoms with Gasteiger partial charge in [-0.25, -0.2) is 0 Å². The van der Waals surface area contributed by atoms with Crippen LogP contribution in [0.4, 0.5) is 17.3 Å². The van der Waals surface area contributed by atoms with E-state index in [0.717, 1.165) is 21.2 Å². The molecule has 6 nitrogen and oxygen atoms in total. The van der Waals surface area contributed by atoms with Crippen LogP contribution in [-0.4, -0.2) is 33.2 Å². The first-order valence-corrected chi connectivity index (χ1v) is 20.5. The molecule has 0 bridgehead atoms. The maximum absolute atomic E-state index is 11.8. The van der Waals surface area contributed by atoms with Gasteiger partial charge in [0.25, 0.3) is 20.2 Å². The molecule has 0 aliphatic rings. The Balaban J connectivity index is 0.000000244. The number of rotatable bonds is 8. The first-order chi connectivity index (χ1) is 24.1. The molecule has 0 saturated heterocycles. The van der Waals surface area contributed by atoms with E-state index in [9.17, 15) is 43.2 Å². The summed E-state index contributed by atoms with van der Waals surface area (Å²) in [5.41, 5.74) is 0. The fourth-order valence-electron chi connectivity index (χ4n) is 4.88. The van der Waals surface area contributed by atoms with Gasteiger partial charge in [-0.2, -0.15) is 16.8 Å². The molecule has 0 amide bonds. The van der Waals surface area contributed by atoms with E-state index in [1.165, 1.54) is 12.1 Å². The summed E-state index contributed by atoms with van der Waals surface area (Å²) in [4.78, 5) is -0.0577. The molecule has 16 heteroatoms. The van der Waals surface area contributed by atoms with Crippen LogP contribution in [0.2, 0.25) is 0 Å². The minimum absolute atomic E-state index is 0. The number of hydrogen-bond donors (Lipinski definition) is 2. The summed E-state index contributed by atoms with van der Waals surface area (Å²) in [5.74, 6) is 0. The van der Waals surface area contributed by atoms with E-state index in [-0.39, 0.29) is 26.9 Å². The van der Waals surface area contributed by atoms with Crippen LogP contribution in [0, 0.1) is 0 Å². The molecular formula is C36H30BCuF4O6P2S2. The van der Waals surface area contributed by atoms with Gasteiger partial charge < -0.3 is 17.3 Å². The Kier molecular flexibility index (Phi) is 15.9. The Labute approximate surface area is 313 Å². The number of benzene rings is 6. The molecular weight excluding hydrogens is 805 g/mol.